The van der Waals surface area contributed by atoms with E-state index in [1.807, 2.05) is 64.1 Å². The standard InChI is InChI=1S/C27H39N3O4S/c1-7-17-28-27(32)23(5)29(19-24-14-9-8-12-21(24)3)26(31)16-11-18-30(35(6,33)34)25-15-10-13-20(2)22(25)4/h8-10,12-15,23H,7,11,16-19H2,1-6H3,(H,28,32)/t23-/m1/s1. The SMILES string of the molecule is CCCNC(=O)[C@@H](C)N(Cc1ccccc1C)C(=O)CCCN(c1cccc(C)c1C)S(C)(=O)=O. The number of anilines is 1. The van der Waals surface area contributed by atoms with E-state index in [1.165, 1.54) is 10.6 Å². The first kappa shape index (κ1) is 28.4. The average Bonchev–Trinajstić information content (AvgIpc) is 2.80. The van der Waals surface area contributed by atoms with Gasteiger partial charge in [-0.2, -0.15) is 0 Å². The number of rotatable bonds is 12. The highest BCUT2D eigenvalue weighted by molar-refractivity contribution is 7.92. The Morgan fingerprint density at radius 3 is 2.29 bits per heavy atom. The third-order valence-electron chi connectivity index (χ3n) is 6.32. The van der Waals surface area contributed by atoms with Crippen LogP contribution in [0.4, 0.5) is 5.69 Å². The average molecular weight is 502 g/mol. The first-order valence-electron chi connectivity index (χ1n) is 12.1. The molecule has 0 radical (unpaired) electrons. The lowest BCUT2D eigenvalue weighted by Gasteiger charge is -2.30. The summed E-state index contributed by atoms with van der Waals surface area (Å²) in [6.07, 6.45) is 2.46. The van der Waals surface area contributed by atoms with Crippen LogP contribution in [-0.4, -0.2) is 50.5 Å². The van der Waals surface area contributed by atoms with Gasteiger partial charge in [0.15, 0.2) is 0 Å². The molecule has 35 heavy (non-hydrogen) atoms. The van der Waals surface area contributed by atoms with Gasteiger partial charge in [0.05, 0.1) is 11.9 Å². The number of hydrogen-bond acceptors (Lipinski definition) is 4. The van der Waals surface area contributed by atoms with Crippen LogP contribution in [0.2, 0.25) is 0 Å². The predicted octanol–water partition coefficient (Wildman–Crippen LogP) is 4.10. The van der Waals surface area contributed by atoms with E-state index in [2.05, 4.69) is 5.32 Å². The molecule has 1 atom stereocenters. The Hall–Kier alpha value is -2.87. The Bertz CT molecular complexity index is 1130. The van der Waals surface area contributed by atoms with E-state index in [0.717, 1.165) is 28.7 Å². The van der Waals surface area contributed by atoms with Crippen molar-refractivity contribution in [2.24, 2.45) is 0 Å². The maximum Gasteiger partial charge on any atom is 0.242 e. The van der Waals surface area contributed by atoms with E-state index >= 15 is 0 Å². The maximum absolute atomic E-state index is 13.3. The molecule has 0 unspecified atom stereocenters. The van der Waals surface area contributed by atoms with Crippen molar-refractivity contribution in [3.63, 3.8) is 0 Å². The lowest BCUT2D eigenvalue weighted by atomic mass is 10.1. The van der Waals surface area contributed by atoms with E-state index < -0.39 is 16.1 Å². The van der Waals surface area contributed by atoms with Crippen LogP contribution in [0.3, 0.4) is 0 Å². The summed E-state index contributed by atoms with van der Waals surface area (Å²) in [6.45, 7) is 10.6. The molecule has 0 aromatic heterocycles. The Kier molecular flexibility index (Phi) is 10.3. The molecule has 0 fully saturated rings. The second-order valence-electron chi connectivity index (χ2n) is 9.07. The fraction of sp³-hybridized carbons (Fsp3) is 0.481. The van der Waals surface area contributed by atoms with E-state index in [9.17, 15) is 18.0 Å². The van der Waals surface area contributed by atoms with Crippen LogP contribution >= 0.6 is 0 Å². The first-order chi connectivity index (χ1) is 16.5. The van der Waals surface area contributed by atoms with Crippen molar-refractivity contribution in [2.45, 2.75) is 66.5 Å². The van der Waals surface area contributed by atoms with Gasteiger partial charge in [-0.1, -0.05) is 43.3 Å². The number of nitrogens with zero attached hydrogens (tertiary/aromatic N) is 2. The molecular formula is C27H39N3O4S. The number of carbonyl (C=O) groups is 2. The smallest absolute Gasteiger partial charge is 0.242 e. The molecule has 2 aromatic carbocycles. The predicted molar refractivity (Wildman–Crippen MR) is 142 cm³/mol. The highest BCUT2D eigenvalue weighted by Gasteiger charge is 2.27. The number of benzene rings is 2. The quantitative estimate of drug-likeness (QED) is 0.474. The Balaban J connectivity index is 2.20. The third-order valence-corrected chi connectivity index (χ3v) is 7.50. The molecule has 2 amide bonds. The molecule has 0 aliphatic carbocycles. The molecule has 0 aliphatic rings. The van der Waals surface area contributed by atoms with Gasteiger partial charge in [0, 0.05) is 26.1 Å². The van der Waals surface area contributed by atoms with Crippen LogP contribution in [0.25, 0.3) is 0 Å². The zero-order chi connectivity index (χ0) is 26.2. The van der Waals surface area contributed by atoms with E-state index in [1.54, 1.807) is 17.9 Å². The minimum atomic E-state index is -3.53. The molecule has 0 spiro atoms. The molecule has 0 heterocycles. The summed E-state index contributed by atoms with van der Waals surface area (Å²) in [5, 5.41) is 2.87. The van der Waals surface area contributed by atoms with Crippen LogP contribution in [0.15, 0.2) is 42.5 Å². The van der Waals surface area contributed by atoms with Gasteiger partial charge in [-0.25, -0.2) is 8.42 Å². The van der Waals surface area contributed by atoms with Gasteiger partial charge in [0.1, 0.15) is 6.04 Å². The Labute approximate surface area is 210 Å². The monoisotopic (exact) mass is 501 g/mol. The van der Waals surface area contributed by atoms with Gasteiger partial charge in [-0.05, 0) is 68.9 Å². The highest BCUT2D eigenvalue weighted by atomic mass is 32.2. The number of aryl methyl sites for hydroxylation is 2. The molecule has 0 saturated carbocycles. The molecule has 0 saturated heterocycles. The normalized spacial score (nSPS) is 12.2. The fourth-order valence-corrected chi connectivity index (χ4v) is 4.95. The van der Waals surface area contributed by atoms with E-state index in [-0.39, 0.29) is 24.8 Å². The second kappa shape index (κ2) is 12.7. The molecule has 8 heteroatoms. The summed E-state index contributed by atoms with van der Waals surface area (Å²) in [7, 11) is -3.53. The molecule has 0 aliphatic heterocycles. The summed E-state index contributed by atoms with van der Waals surface area (Å²) in [5.74, 6) is -0.372. The first-order valence-corrected chi connectivity index (χ1v) is 14.0. The zero-order valence-electron chi connectivity index (χ0n) is 21.8. The van der Waals surface area contributed by atoms with Gasteiger partial charge in [0.2, 0.25) is 21.8 Å². The summed E-state index contributed by atoms with van der Waals surface area (Å²) >= 11 is 0. The summed E-state index contributed by atoms with van der Waals surface area (Å²) < 4.78 is 26.5. The fourth-order valence-electron chi connectivity index (χ4n) is 3.94. The van der Waals surface area contributed by atoms with Gasteiger partial charge < -0.3 is 10.2 Å². The second-order valence-corrected chi connectivity index (χ2v) is 11.0. The number of hydrogen-bond donors (Lipinski definition) is 1. The summed E-state index contributed by atoms with van der Waals surface area (Å²) in [5.41, 5.74) is 4.55. The zero-order valence-corrected chi connectivity index (χ0v) is 22.6. The van der Waals surface area contributed by atoms with Crippen molar-refractivity contribution in [1.29, 1.82) is 0 Å². The molecule has 0 bridgehead atoms. The molecular weight excluding hydrogens is 462 g/mol. The Morgan fingerprint density at radius 2 is 1.66 bits per heavy atom. The highest BCUT2D eigenvalue weighted by Crippen LogP contribution is 2.25. The van der Waals surface area contributed by atoms with Crippen LogP contribution in [-0.2, 0) is 26.2 Å². The van der Waals surface area contributed by atoms with Gasteiger partial charge >= 0.3 is 0 Å². The van der Waals surface area contributed by atoms with Crippen molar-refractivity contribution in [2.75, 3.05) is 23.7 Å². The number of sulfonamides is 1. The van der Waals surface area contributed by atoms with Crippen molar-refractivity contribution in [1.82, 2.24) is 10.2 Å². The van der Waals surface area contributed by atoms with E-state index in [0.29, 0.717) is 25.2 Å². The molecule has 2 rings (SSSR count). The van der Waals surface area contributed by atoms with Gasteiger partial charge in [-0.15, -0.1) is 0 Å². The maximum atomic E-state index is 13.3. The number of amides is 2. The van der Waals surface area contributed by atoms with Crippen LogP contribution in [0.1, 0.15) is 55.4 Å². The molecule has 7 nitrogen and oxygen atoms in total. The number of carbonyl (C=O) groups excluding carboxylic acids is 2. The summed E-state index contributed by atoms with van der Waals surface area (Å²) in [4.78, 5) is 27.6. The third kappa shape index (κ3) is 7.82. The van der Waals surface area contributed by atoms with Crippen LogP contribution < -0.4 is 9.62 Å². The molecule has 2 aromatic rings. The molecule has 192 valence electrons. The minimum absolute atomic E-state index is 0.133. The van der Waals surface area contributed by atoms with Crippen molar-refractivity contribution >= 4 is 27.5 Å². The lowest BCUT2D eigenvalue weighted by Crippen LogP contribution is -2.48. The molecule has 1 N–H and O–H groups in total. The van der Waals surface area contributed by atoms with Gasteiger partial charge in [0.25, 0.3) is 0 Å². The Morgan fingerprint density at radius 1 is 1.00 bits per heavy atom. The van der Waals surface area contributed by atoms with Crippen molar-refractivity contribution < 1.29 is 18.0 Å². The van der Waals surface area contributed by atoms with Crippen LogP contribution in [0.5, 0.6) is 0 Å². The van der Waals surface area contributed by atoms with Crippen molar-refractivity contribution in [3.8, 4) is 0 Å². The largest absolute Gasteiger partial charge is 0.354 e. The van der Waals surface area contributed by atoms with Crippen molar-refractivity contribution in [3.05, 3.63) is 64.7 Å². The van der Waals surface area contributed by atoms with Crippen LogP contribution in [0, 0.1) is 20.8 Å². The minimum Gasteiger partial charge on any atom is -0.354 e. The summed E-state index contributed by atoms with van der Waals surface area (Å²) in [6, 6.07) is 12.7. The van der Waals surface area contributed by atoms with E-state index in [4.69, 9.17) is 0 Å². The lowest BCUT2D eigenvalue weighted by molar-refractivity contribution is -0.140. The van der Waals surface area contributed by atoms with Gasteiger partial charge in [-0.3, -0.25) is 13.9 Å². The topological polar surface area (TPSA) is 86.8 Å². The number of nitrogens with one attached hydrogen (secondary N) is 1.